The molecule has 1 atom stereocenters. The maximum Gasteiger partial charge on any atom is 0.262 e. The number of carbonyl (C=O) groups is 1. The molecule has 0 N–H and O–H groups in total. The summed E-state index contributed by atoms with van der Waals surface area (Å²) in [5, 5.41) is 0.761. The summed E-state index contributed by atoms with van der Waals surface area (Å²) in [4.78, 5) is 34.0. The number of aryl methyl sites for hydroxylation is 2. The van der Waals surface area contributed by atoms with Crippen LogP contribution in [0.2, 0.25) is 0 Å². The fourth-order valence-electron chi connectivity index (χ4n) is 3.96. The van der Waals surface area contributed by atoms with E-state index >= 15 is 0 Å². The fourth-order valence-corrected chi connectivity index (χ4v) is 5.17. The normalized spacial score (nSPS) is 21.0. The van der Waals surface area contributed by atoms with Crippen LogP contribution in [0.15, 0.2) is 11.1 Å². The van der Waals surface area contributed by atoms with Gasteiger partial charge in [0, 0.05) is 18.0 Å². The Kier molecular flexibility index (Phi) is 4.16. The van der Waals surface area contributed by atoms with E-state index < -0.39 is 0 Å². The molecule has 128 valence electrons. The maximum absolute atomic E-state index is 12.9. The standard InChI is InChI=1S/C18H23N3O2S/c1-12-5-4-8-20(9-12)15(22)10-21-11-19-17-16(18(21)23)13-6-2-3-7-14(13)24-17/h11-12H,2-10H2,1H3/t12-/m1/s1. The van der Waals surface area contributed by atoms with Crippen LogP contribution in [0, 0.1) is 5.92 Å². The van der Waals surface area contributed by atoms with Gasteiger partial charge >= 0.3 is 0 Å². The third kappa shape index (κ3) is 2.77. The van der Waals surface area contributed by atoms with Gasteiger partial charge in [0.1, 0.15) is 11.4 Å². The second kappa shape index (κ2) is 6.31. The lowest BCUT2D eigenvalue weighted by Crippen LogP contribution is -2.42. The average molecular weight is 345 g/mol. The van der Waals surface area contributed by atoms with Gasteiger partial charge in [0.25, 0.3) is 5.56 Å². The van der Waals surface area contributed by atoms with Crippen LogP contribution in [0.5, 0.6) is 0 Å². The van der Waals surface area contributed by atoms with Crippen LogP contribution in [0.3, 0.4) is 0 Å². The molecule has 6 heteroatoms. The van der Waals surface area contributed by atoms with Crippen molar-refractivity contribution < 1.29 is 4.79 Å². The molecule has 1 amide bonds. The van der Waals surface area contributed by atoms with E-state index in [-0.39, 0.29) is 18.0 Å². The monoisotopic (exact) mass is 345 g/mol. The van der Waals surface area contributed by atoms with Crippen molar-refractivity contribution in [1.82, 2.24) is 14.5 Å². The van der Waals surface area contributed by atoms with E-state index in [1.54, 1.807) is 17.7 Å². The van der Waals surface area contributed by atoms with Gasteiger partial charge in [0.15, 0.2) is 0 Å². The molecule has 0 bridgehead atoms. The molecule has 2 aliphatic rings. The first-order chi connectivity index (χ1) is 11.6. The Morgan fingerprint density at radius 3 is 3.00 bits per heavy atom. The van der Waals surface area contributed by atoms with Crippen LogP contribution in [0.25, 0.3) is 10.2 Å². The van der Waals surface area contributed by atoms with E-state index in [0.717, 1.165) is 49.0 Å². The van der Waals surface area contributed by atoms with Gasteiger partial charge in [-0.25, -0.2) is 4.98 Å². The van der Waals surface area contributed by atoms with Crippen LogP contribution < -0.4 is 5.56 Å². The lowest BCUT2D eigenvalue weighted by atomic mass is 9.97. The predicted molar refractivity (Wildman–Crippen MR) is 95.5 cm³/mol. The average Bonchev–Trinajstić information content (AvgIpc) is 2.96. The first-order valence-electron chi connectivity index (χ1n) is 8.91. The molecule has 5 nitrogen and oxygen atoms in total. The van der Waals surface area contributed by atoms with Crippen molar-refractivity contribution >= 4 is 27.5 Å². The van der Waals surface area contributed by atoms with Gasteiger partial charge in [-0.3, -0.25) is 14.2 Å². The molecule has 1 saturated heterocycles. The molecule has 1 aliphatic carbocycles. The third-order valence-corrected chi connectivity index (χ3v) is 6.46. The smallest absolute Gasteiger partial charge is 0.262 e. The molecule has 3 heterocycles. The minimum absolute atomic E-state index is 0.0360. The van der Waals surface area contributed by atoms with Gasteiger partial charge in [-0.05, 0) is 50.0 Å². The SMILES string of the molecule is C[C@@H]1CCCN(C(=O)Cn2cnc3sc4c(c3c2=O)CCCC4)C1. The molecule has 1 aliphatic heterocycles. The summed E-state index contributed by atoms with van der Waals surface area (Å²) in [7, 11) is 0. The van der Waals surface area contributed by atoms with E-state index in [0.29, 0.717) is 5.92 Å². The maximum atomic E-state index is 12.9. The molecular weight excluding hydrogens is 322 g/mol. The number of likely N-dealkylation sites (tertiary alicyclic amines) is 1. The molecule has 4 rings (SSSR count). The summed E-state index contributed by atoms with van der Waals surface area (Å²) in [5.41, 5.74) is 1.14. The molecule has 24 heavy (non-hydrogen) atoms. The number of nitrogens with zero attached hydrogens (tertiary/aromatic N) is 3. The number of fused-ring (bicyclic) bond motifs is 3. The number of amides is 1. The Morgan fingerprint density at radius 2 is 2.17 bits per heavy atom. The van der Waals surface area contributed by atoms with Crippen molar-refractivity contribution in [1.29, 1.82) is 0 Å². The van der Waals surface area contributed by atoms with Gasteiger partial charge in [-0.1, -0.05) is 6.92 Å². The van der Waals surface area contributed by atoms with Gasteiger partial charge in [0.05, 0.1) is 11.7 Å². The minimum Gasteiger partial charge on any atom is -0.341 e. The molecule has 2 aromatic heterocycles. The fraction of sp³-hybridized carbons (Fsp3) is 0.611. The molecule has 0 aromatic carbocycles. The van der Waals surface area contributed by atoms with Gasteiger partial charge in [-0.15, -0.1) is 11.3 Å². The lowest BCUT2D eigenvalue weighted by molar-refractivity contribution is -0.133. The summed E-state index contributed by atoms with van der Waals surface area (Å²) in [6.45, 7) is 3.90. The number of rotatable bonds is 2. The minimum atomic E-state index is -0.0437. The predicted octanol–water partition coefficient (Wildman–Crippen LogP) is 2.60. The van der Waals surface area contributed by atoms with Crippen molar-refractivity contribution in [2.45, 2.75) is 52.0 Å². The summed E-state index contributed by atoms with van der Waals surface area (Å²) in [6, 6.07) is 0. The Bertz CT molecular complexity index is 839. The molecule has 0 radical (unpaired) electrons. The number of piperidine rings is 1. The zero-order valence-electron chi connectivity index (χ0n) is 14.1. The van der Waals surface area contributed by atoms with Crippen LogP contribution >= 0.6 is 11.3 Å². The number of hydrogen-bond acceptors (Lipinski definition) is 4. The van der Waals surface area contributed by atoms with Crippen molar-refractivity contribution in [2.75, 3.05) is 13.1 Å². The van der Waals surface area contributed by atoms with Crippen LogP contribution in [0.1, 0.15) is 43.0 Å². The quantitative estimate of drug-likeness (QED) is 0.841. The van der Waals surface area contributed by atoms with Crippen molar-refractivity contribution in [2.24, 2.45) is 5.92 Å². The molecule has 2 aromatic rings. The highest BCUT2D eigenvalue weighted by Crippen LogP contribution is 2.33. The Hall–Kier alpha value is -1.69. The number of hydrogen-bond donors (Lipinski definition) is 0. The first-order valence-corrected chi connectivity index (χ1v) is 9.72. The van der Waals surface area contributed by atoms with E-state index in [4.69, 9.17) is 0 Å². The molecule has 0 saturated carbocycles. The number of thiophene rings is 1. The van der Waals surface area contributed by atoms with Crippen molar-refractivity contribution in [3.8, 4) is 0 Å². The lowest BCUT2D eigenvalue weighted by Gasteiger charge is -2.31. The summed E-state index contributed by atoms with van der Waals surface area (Å²) in [5.74, 6) is 0.581. The highest BCUT2D eigenvalue weighted by molar-refractivity contribution is 7.18. The number of aromatic nitrogens is 2. The first kappa shape index (κ1) is 15.8. The summed E-state index contributed by atoms with van der Waals surface area (Å²) >= 11 is 1.65. The third-order valence-electron chi connectivity index (χ3n) is 5.26. The number of carbonyl (C=O) groups excluding carboxylic acids is 1. The van der Waals surface area contributed by atoms with E-state index in [1.807, 2.05) is 4.90 Å². The van der Waals surface area contributed by atoms with Crippen LogP contribution in [-0.4, -0.2) is 33.4 Å². The molecule has 0 unspecified atom stereocenters. The second-order valence-corrected chi connectivity index (χ2v) is 8.24. The van der Waals surface area contributed by atoms with Gasteiger partial charge in [-0.2, -0.15) is 0 Å². The molecular formula is C18H23N3O2S. The van der Waals surface area contributed by atoms with Crippen molar-refractivity contribution in [3.63, 3.8) is 0 Å². The van der Waals surface area contributed by atoms with Crippen molar-refractivity contribution in [3.05, 3.63) is 27.1 Å². The van der Waals surface area contributed by atoms with E-state index in [9.17, 15) is 9.59 Å². The summed E-state index contributed by atoms with van der Waals surface area (Å²) in [6.07, 6.45) is 8.14. The topological polar surface area (TPSA) is 55.2 Å². The van der Waals surface area contributed by atoms with Gasteiger partial charge < -0.3 is 4.90 Å². The van der Waals surface area contributed by atoms with Crippen LogP contribution in [0.4, 0.5) is 0 Å². The zero-order chi connectivity index (χ0) is 16.7. The second-order valence-electron chi connectivity index (χ2n) is 7.16. The Balaban J connectivity index is 1.64. The molecule has 0 spiro atoms. The van der Waals surface area contributed by atoms with Crippen LogP contribution in [-0.2, 0) is 24.2 Å². The molecule has 1 fully saturated rings. The Labute approximate surface area is 145 Å². The Morgan fingerprint density at radius 1 is 1.33 bits per heavy atom. The highest BCUT2D eigenvalue weighted by Gasteiger charge is 2.23. The summed E-state index contributed by atoms with van der Waals surface area (Å²) < 4.78 is 1.51. The highest BCUT2D eigenvalue weighted by atomic mass is 32.1. The largest absolute Gasteiger partial charge is 0.341 e. The zero-order valence-corrected chi connectivity index (χ0v) is 14.9. The van der Waals surface area contributed by atoms with E-state index in [1.165, 1.54) is 27.8 Å². The van der Waals surface area contributed by atoms with Gasteiger partial charge in [0.2, 0.25) is 5.91 Å². The van der Waals surface area contributed by atoms with E-state index in [2.05, 4.69) is 11.9 Å².